The second-order valence-electron chi connectivity index (χ2n) is 21.5. The van der Waals surface area contributed by atoms with Crippen LogP contribution in [0.25, 0.3) is 10.8 Å². The minimum atomic E-state index is 0.679. The lowest BCUT2D eigenvalue weighted by Gasteiger charge is -2.14. The maximum Gasteiger partial charge on any atom is 0.119 e. The third-order valence-corrected chi connectivity index (χ3v) is 15.1. The van der Waals surface area contributed by atoms with Gasteiger partial charge in [0.25, 0.3) is 0 Å². The van der Waals surface area contributed by atoms with E-state index < -0.39 is 0 Å². The van der Waals surface area contributed by atoms with Crippen LogP contribution < -0.4 is 23.7 Å². The van der Waals surface area contributed by atoms with Crippen molar-refractivity contribution in [3.05, 3.63) is 126 Å². The quantitative estimate of drug-likeness (QED) is 0.0432. The minimum Gasteiger partial charge on any atom is -0.497 e. The fraction of sp³-hybridized carbons (Fsp3) is 0.567. The third kappa shape index (κ3) is 26.3. The average molecular weight is 1050 g/mol. The maximum absolute atomic E-state index is 8.70. The molecule has 0 N–H and O–H groups in total. The van der Waals surface area contributed by atoms with Crippen molar-refractivity contribution in [1.29, 1.82) is 5.26 Å². The first kappa shape index (κ1) is 60.9. The molecule has 5 aromatic carbocycles. The summed E-state index contributed by atoms with van der Waals surface area (Å²) in [6, 6.07) is 40.3. The van der Waals surface area contributed by atoms with Crippen LogP contribution in [0, 0.1) is 18.3 Å². The molecule has 0 unspecified atom stereocenters. The standard InChI is InChI=1S/C19H25NO.C16H22N2O.C16H25NO2.C16H25NO/c1(4-12-20-13-5-6-14-20)7-15-21-19-11-10-17-8-2-3-9-18(17)16-19;17-14-15-6-8-16(9-7-15)19-13-5-1-2-10-18-11-3-4-12-18;1-18-15-7-9-16(10-8-15)19-14-6-2-3-11-17-12-4-5-13-17;1-15-7-9-16(10-8-15)18-14-6-2-3-11-17-12-4-5-13-17/h2-3,8-11,16H,1,4-7,12-15H2;6-9H,1-5,10-13H2;7-10H,2-6,11-14H2,1H3;7-10H,2-6,11-14H2,1H3. The third-order valence-electron chi connectivity index (χ3n) is 15.1. The van der Waals surface area contributed by atoms with E-state index in [1.807, 2.05) is 36.4 Å². The molecule has 10 heteroatoms. The van der Waals surface area contributed by atoms with Crippen LogP contribution in [0.5, 0.6) is 28.7 Å². The van der Waals surface area contributed by atoms with Crippen LogP contribution in [0.15, 0.2) is 115 Å². The van der Waals surface area contributed by atoms with E-state index in [9.17, 15) is 0 Å². The topological polar surface area (TPSA) is 82.9 Å². The number of ether oxygens (including phenoxy) is 5. The minimum absolute atomic E-state index is 0.679. The highest BCUT2D eigenvalue weighted by Crippen LogP contribution is 2.22. The molecule has 77 heavy (non-hydrogen) atoms. The summed E-state index contributed by atoms with van der Waals surface area (Å²) in [4.78, 5) is 10.3. The predicted molar refractivity (Wildman–Crippen MR) is 319 cm³/mol. The van der Waals surface area contributed by atoms with Gasteiger partial charge in [0.1, 0.15) is 28.7 Å². The van der Waals surface area contributed by atoms with E-state index >= 15 is 0 Å². The molecular formula is C67H97N5O5. The second-order valence-corrected chi connectivity index (χ2v) is 21.5. The Bertz CT molecular complexity index is 2280. The van der Waals surface area contributed by atoms with Gasteiger partial charge in [-0.2, -0.15) is 5.26 Å². The van der Waals surface area contributed by atoms with Crippen molar-refractivity contribution in [2.45, 2.75) is 135 Å². The molecule has 0 radical (unpaired) electrons. The molecule has 5 aromatic rings. The molecule has 4 aliphatic heterocycles. The van der Waals surface area contributed by atoms with Crippen LogP contribution >= 0.6 is 0 Å². The lowest BCUT2D eigenvalue weighted by Crippen LogP contribution is -2.20. The summed E-state index contributed by atoms with van der Waals surface area (Å²) in [5.41, 5.74) is 1.96. The first-order valence-corrected chi connectivity index (χ1v) is 30.1. The van der Waals surface area contributed by atoms with Crippen molar-refractivity contribution < 1.29 is 23.7 Å². The van der Waals surface area contributed by atoms with E-state index in [0.717, 1.165) is 74.4 Å². The van der Waals surface area contributed by atoms with Crippen LogP contribution in [-0.4, -0.2) is 132 Å². The Hall–Kier alpha value is -5.31. The van der Waals surface area contributed by atoms with Crippen molar-refractivity contribution in [3.63, 3.8) is 0 Å². The average Bonchev–Trinajstić information content (AvgIpc) is 4.36. The van der Waals surface area contributed by atoms with Gasteiger partial charge in [-0.1, -0.05) is 48.0 Å². The van der Waals surface area contributed by atoms with E-state index in [0.29, 0.717) is 5.56 Å². The largest absolute Gasteiger partial charge is 0.497 e. The molecule has 4 aliphatic rings. The zero-order valence-electron chi connectivity index (χ0n) is 47.7. The molecular weight excluding hydrogens is 955 g/mol. The van der Waals surface area contributed by atoms with Gasteiger partial charge in [-0.15, -0.1) is 0 Å². The Morgan fingerprint density at radius 3 is 1.06 bits per heavy atom. The highest BCUT2D eigenvalue weighted by atomic mass is 16.5. The highest BCUT2D eigenvalue weighted by Gasteiger charge is 2.13. The van der Waals surface area contributed by atoms with Gasteiger partial charge in [0, 0.05) is 0 Å². The molecule has 4 heterocycles. The smallest absolute Gasteiger partial charge is 0.119 e. The van der Waals surface area contributed by atoms with Crippen molar-refractivity contribution in [1.82, 2.24) is 19.6 Å². The highest BCUT2D eigenvalue weighted by molar-refractivity contribution is 5.83. The number of hydrogen-bond acceptors (Lipinski definition) is 10. The first-order chi connectivity index (χ1) is 38.0. The lowest BCUT2D eigenvalue weighted by molar-refractivity contribution is 0.290. The van der Waals surface area contributed by atoms with E-state index in [1.165, 1.54) is 204 Å². The van der Waals surface area contributed by atoms with Gasteiger partial charge in [-0.25, -0.2) is 0 Å². The molecule has 4 fully saturated rings. The number of rotatable bonds is 29. The van der Waals surface area contributed by atoms with Gasteiger partial charge in [0.15, 0.2) is 0 Å². The normalized spacial score (nSPS) is 15.6. The number of nitrogens with zero attached hydrogens (tertiary/aromatic N) is 5. The zero-order valence-corrected chi connectivity index (χ0v) is 47.7. The van der Waals surface area contributed by atoms with Crippen molar-refractivity contribution in [2.75, 3.05) is 112 Å². The number of benzene rings is 5. The molecule has 9 rings (SSSR count). The van der Waals surface area contributed by atoms with Gasteiger partial charge in [0.05, 0.1) is 45.2 Å². The maximum atomic E-state index is 8.70. The Kier molecular flexibility index (Phi) is 30.3. The van der Waals surface area contributed by atoms with Gasteiger partial charge in [-0.3, -0.25) is 0 Å². The molecule has 420 valence electrons. The van der Waals surface area contributed by atoms with Gasteiger partial charge < -0.3 is 43.3 Å². The lowest BCUT2D eigenvalue weighted by atomic mass is 10.1. The van der Waals surface area contributed by atoms with Gasteiger partial charge in [0.2, 0.25) is 0 Å². The summed E-state index contributed by atoms with van der Waals surface area (Å²) >= 11 is 0. The van der Waals surface area contributed by atoms with E-state index in [-0.39, 0.29) is 0 Å². The number of fused-ring (bicyclic) bond motifs is 1. The summed E-state index contributed by atoms with van der Waals surface area (Å²) in [6.45, 7) is 20.9. The van der Waals surface area contributed by atoms with E-state index in [4.69, 9.17) is 28.9 Å². The van der Waals surface area contributed by atoms with Crippen molar-refractivity contribution >= 4 is 10.8 Å². The molecule has 0 aliphatic carbocycles. The fourth-order valence-electron chi connectivity index (χ4n) is 10.4. The summed E-state index contributed by atoms with van der Waals surface area (Å²) in [6.07, 6.45) is 25.9. The zero-order chi connectivity index (χ0) is 53.6. The summed E-state index contributed by atoms with van der Waals surface area (Å²) in [7, 11) is 1.68. The Morgan fingerprint density at radius 2 is 0.688 bits per heavy atom. The van der Waals surface area contributed by atoms with E-state index in [1.54, 1.807) is 19.2 Å². The van der Waals surface area contributed by atoms with Crippen LogP contribution in [0.2, 0.25) is 0 Å². The second kappa shape index (κ2) is 38.3. The molecule has 0 saturated carbocycles. The predicted octanol–water partition coefficient (Wildman–Crippen LogP) is 14.7. The Labute approximate surface area is 466 Å². The Morgan fingerprint density at radius 1 is 0.364 bits per heavy atom. The monoisotopic (exact) mass is 1050 g/mol. The van der Waals surface area contributed by atoms with Crippen LogP contribution in [0.4, 0.5) is 0 Å². The molecule has 0 aromatic heterocycles. The molecule has 10 nitrogen and oxygen atoms in total. The number of unbranched alkanes of at least 4 members (excludes halogenated alkanes) is 8. The summed E-state index contributed by atoms with van der Waals surface area (Å²) in [5.74, 6) is 4.66. The van der Waals surface area contributed by atoms with E-state index in [2.05, 4.69) is 99.3 Å². The molecule has 0 bridgehead atoms. The molecule has 0 atom stereocenters. The Balaban J connectivity index is 0.000000167. The summed E-state index contributed by atoms with van der Waals surface area (Å²) in [5, 5.41) is 11.2. The molecule has 4 saturated heterocycles. The number of hydrogen-bond donors (Lipinski definition) is 0. The first-order valence-electron chi connectivity index (χ1n) is 30.1. The molecule has 0 spiro atoms. The number of likely N-dealkylation sites (tertiary alicyclic amines) is 4. The van der Waals surface area contributed by atoms with Crippen LogP contribution in [0.1, 0.15) is 140 Å². The van der Waals surface area contributed by atoms with Crippen molar-refractivity contribution in [2.24, 2.45) is 0 Å². The van der Waals surface area contributed by atoms with Gasteiger partial charge in [-0.05, 0) is 297 Å². The van der Waals surface area contributed by atoms with Crippen molar-refractivity contribution in [3.8, 4) is 34.8 Å². The number of nitriles is 1. The van der Waals surface area contributed by atoms with Gasteiger partial charge >= 0.3 is 0 Å². The number of methoxy groups -OCH3 is 1. The van der Waals surface area contributed by atoms with Crippen LogP contribution in [0.3, 0.4) is 0 Å². The SMILES string of the molecule is COc1ccc(OCCCCCN2CCCC2)cc1.Cc1ccc(OCCCCCN2CCCC2)cc1.N#Cc1ccc(OCCCCCN2CCCC2)cc1.c1ccc2cc(OCCCCCN3CCCC3)ccc2c1. The molecule has 0 amide bonds. The summed E-state index contributed by atoms with van der Waals surface area (Å²) < 4.78 is 28.1. The number of aryl methyl sites for hydroxylation is 1. The van der Waals surface area contributed by atoms with Crippen LogP contribution in [-0.2, 0) is 0 Å². The fourth-order valence-corrected chi connectivity index (χ4v) is 10.4.